The highest BCUT2D eigenvalue weighted by molar-refractivity contribution is 5.77. The highest BCUT2D eigenvalue weighted by Crippen LogP contribution is 2.18. The summed E-state index contributed by atoms with van der Waals surface area (Å²) >= 11 is 0. The lowest BCUT2D eigenvalue weighted by Crippen LogP contribution is -1.77. The van der Waals surface area contributed by atoms with Crippen LogP contribution < -0.4 is 0 Å². The summed E-state index contributed by atoms with van der Waals surface area (Å²) in [7, 11) is 0. The number of aromatic amines is 1. The van der Waals surface area contributed by atoms with E-state index >= 15 is 0 Å². The van der Waals surface area contributed by atoms with Crippen LogP contribution in [0.4, 0.5) is 0 Å². The predicted octanol–water partition coefficient (Wildman–Crippen LogP) is 2.02. The van der Waals surface area contributed by atoms with E-state index in [-0.39, 0.29) is 0 Å². The molecule has 15 heavy (non-hydrogen) atoms. The summed E-state index contributed by atoms with van der Waals surface area (Å²) in [4.78, 5) is 7.62. The van der Waals surface area contributed by atoms with Gasteiger partial charge in [-0.1, -0.05) is 30.3 Å². The molecule has 0 aliphatic rings. The Bertz CT molecular complexity index is 553. The van der Waals surface area contributed by atoms with E-state index in [1.165, 1.54) is 0 Å². The third-order valence-corrected chi connectivity index (χ3v) is 2.24. The van der Waals surface area contributed by atoms with Crippen LogP contribution in [0.2, 0.25) is 0 Å². The van der Waals surface area contributed by atoms with Gasteiger partial charge in [-0.3, -0.25) is 0 Å². The van der Waals surface area contributed by atoms with Crippen molar-refractivity contribution in [2.75, 3.05) is 0 Å². The van der Waals surface area contributed by atoms with E-state index in [0.717, 1.165) is 22.4 Å². The van der Waals surface area contributed by atoms with Crippen LogP contribution in [0, 0.1) is 0 Å². The molecule has 0 saturated heterocycles. The topological polar surface area (TPSA) is 54.5 Å². The predicted molar refractivity (Wildman–Crippen MR) is 57.1 cm³/mol. The molecule has 0 amide bonds. The molecule has 2 aromatic heterocycles. The van der Waals surface area contributed by atoms with E-state index < -0.39 is 0 Å². The lowest BCUT2D eigenvalue weighted by Gasteiger charge is -1.93. The van der Waals surface area contributed by atoms with Gasteiger partial charge in [0.2, 0.25) is 0 Å². The average molecular weight is 196 g/mol. The smallest absolute Gasteiger partial charge is 0.138 e. The number of hydrogen-bond donors (Lipinski definition) is 1. The molecule has 2 heterocycles. The number of benzene rings is 1. The number of aromatic nitrogens is 4. The van der Waals surface area contributed by atoms with Crippen molar-refractivity contribution in [1.29, 1.82) is 0 Å². The van der Waals surface area contributed by atoms with Crippen molar-refractivity contribution in [2.24, 2.45) is 0 Å². The van der Waals surface area contributed by atoms with Crippen LogP contribution in [0.15, 0.2) is 42.7 Å². The van der Waals surface area contributed by atoms with Crippen molar-refractivity contribution in [3.8, 4) is 11.4 Å². The third-order valence-electron chi connectivity index (χ3n) is 2.24. The first-order valence-electron chi connectivity index (χ1n) is 4.65. The maximum absolute atomic E-state index is 4.42. The van der Waals surface area contributed by atoms with E-state index in [1.807, 2.05) is 30.3 Å². The Balaban J connectivity index is 2.21. The van der Waals surface area contributed by atoms with Gasteiger partial charge in [-0.05, 0) is 0 Å². The van der Waals surface area contributed by atoms with Gasteiger partial charge in [-0.25, -0.2) is 4.98 Å². The molecule has 0 fully saturated rings. The molecule has 0 aliphatic heterocycles. The first-order valence-corrected chi connectivity index (χ1v) is 4.65. The van der Waals surface area contributed by atoms with Gasteiger partial charge in [0.05, 0.1) is 17.9 Å². The lowest BCUT2D eigenvalue weighted by molar-refractivity contribution is 1.05. The summed E-state index contributed by atoms with van der Waals surface area (Å²) < 4.78 is 0. The molecular weight excluding hydrogens is 188 g/mol. The molecular formula is C11H8N4. The third kappa shape index (κ3) is 1.36. The molecule has 3 rings (SSSR count). The summed E-state index contributed by atoms with van der Waals surface area (Å²) in [5.41, 5.74) is 2.81. The van der Waals surface area contributed by atoms with Crippen LogP contribution in [0.25, 0.3) is 22.4 Å². The number of rotatable bonds is 1. The summed E-state index contributed by atoms with van der Waals surface area (Å²) in [6, 6.07) is 9.98. The number of H-pyrrole nitrogens is 1. The fourth-order valence-corrected chi connectivity index (χ4v) is 1.51. The van der Waals surface area contributed by atoms with E-state index in [1.54, 1.807) is 12.4 Å². The molecule has 1 aromatic carbocycles. The second kappa shape index (κ2) is 3.16. The number of hydrogen-bond acceptors (Lipinski definition) is 3. The van der Waals surface area contributed by atoms with Gasteiger partial charge in [-0.15, -0.1) is 0 Å². The summed E-state index contributed by atoms with van der Waals surface area (Å²) in [6.45, 7) is 0. The minimum Gasteiger partial charge on any atom is -0.337 e. The number of fused-ring (bicyclic) bond motifs is 1. The van der Waals surface area contributed by atoms with Crippen LogP contribution >= 0.6 is 0 Å². The maximum atomic E-state index is 4.42. The molecule has 72 valence electrons. The van der Waals surface area contributed by atoms with Crippen molar-refractivity contribution in [1.82, 2.24) is 20.2 Å². The molecule has 0 atom stereocenters. The molecule has 1 N–H and O–H groups in total. The van der Waals surface area contributed by atoms with E-state index in [4.69, 9.17) is 0 Å². The first-order chi connectivity index (χ1) is 7.43. The molecule has 0 bridgehead atoms. The number of imidazole rings is 1. The van der Waals surface area contributed by atoms with Crippen molar-refractivity contribution < 1.29 is 0 Å². The molecule has 0 aliphatic carbocycles. The Morgan fingerprint density at radius 3 is 2.53 bits per heavy atom. The van der Waals surface area contributed by atoms with Crippen molar-refractivity contribution in [3.05, 3.63) is 42.7 Å². The number of nitrogens with one attached hydrogen (secondary N) is 1. The zero-order valence-electron chi connectivity index (χ0n) is 7.88. The molecule has 3 aromatic rings. The van der Waals surface area contributed by atoms with Crippen LogP contribution in [0.5, 0.6) is 0 Å². The van der Waals surface area contributed by atoms with Crippen molar-refractivity contribution >= 4 is 11.0 Å². The standard InChI is InChI=1S/C11H8N4/c1-2-4-8(5-3-1)11-14-9-6-12-13-7-10(9)15-11/h1-7H,(H,14,15). The zero-order valence-corrected chi connectivity index (χ0v) is 7.88. The number of nitrogens with zero attached hydrogens (tertiary/aromatic N) is 3. The summed E-state index contributed by atoms with van der Waals surface area (Å²) in [5.74, 6) is 0.848. The fourth-order valence-electron chi connectivity index (χ4n) is 1.51. The Morgan fingerprint density at radius 1 is 0.933 bits per heavy atom. The second-order valence-electron chi connectivity index (χ2n) is 3.24. The largest absolute Gasteiger partial charge is 0.337 e. The van der Waals surface area contributed by atoms with Gasteiger partial charge < -0.3 is 4.98 Å². The van der Waals surface area contributed by atoms with Gasteiger partial charge in [0.25, 0.3) is 0 Å². The van der Waals surface area contributed by atoms with E-state index in [9.17, 15) is 0 Å². The average Bonchev–Trinajstić information content (AvgIpc) is 2.74. The van der Waals surface area contributed by atoms with Gasteiger partial charge >= 0.3 is 0 Å². The van der Waals surface area contributed by atoms with Crippen molar-refractivity contribution in [3.63, 3.8) is 0 Å². The molecule has 0 radical (unpaired) electrons. The van der Waals surface area contributed by atoms with Crippen LogP contribution in [-0.4, -0.2) is 20.2 Å². The second-order valence-corrected chi connectivity index (χ2v) is 3.24. The van der Waals surface area contributed by atoms with Crippen LogP contribution in [0.3, 0.4) is 0 Å². The van der Waals surface area contributed by atoms with Gasteiger partial charge in [0, 0.05) is 5.56 Å². The van der Waals surface area contributed by atoms with Gasteiger partial charge in [0.15, 0.2) is 0 Å². The Labute approximate surface area is 86.0 Å². The highest BCUT2D eigenvalue weighted by Gasteiger charge is 2.03. The molecule has 4 nitrogen and oxygen atoms in total. The first kappa shape index (κ1) is 8.11. The van der Waals surface area contributed by atoms with Crippen LogP contribution in [0.1, 0.15) is 0 Å². The van der Waals surface area contributed by atoms with Crippen molar-refractivity contribution in [2.45, 2.75) is 0 Å². The minimum atomic E-state index is 0.837. The summed E-state index contributed by atoms with van der Waals surface area (Å²) in [6.07, 6.45) is 3.33. The molecule has 0 spiro atoms. The Hall–Kier alpha value is -2.23. The van der Waals surface area contributed by atoms with Crippen LogP contribution in [-0.2, 0) is 0 Å². The Morgan fingerprint density at radius 2 is 1.73 bits per heavy atom. The fraction of sp³-hybridized carbons (Fsp3) is 0. The Kier molecular flexibility index (Phi) is 1.71. The quantitative estimate of drug-likeness (QED) is 0.647. The monoisotopic (exact) mass is 196 g/mol. The zero-order chi connectivity index (χ0) is 10.1. The minimum absolute atomic E-state index is 0.837. The van der Waals surface area contributed by atoms with Gasteiger partial charge in [-0.2, -0.15) is 10.2 Å². The van der Waals surface area contributed by atoms with E-state index in [0.29, 0.717) is 0 Å². The normalized spacial score (nSPS) is 10.7. The molecule has 0 saturated carbocycles. The van der Waals surface area contributed by atoms with E-state index in [2.05, 4.69) is 20.2 Å². The maximum Gasteiger partial charge on any atom is 0.138 e. The molecule has 4 heteroatoms. The molecule has 0 unspecified atom stereocenters. The lowest BCUT2D eigenvalue weighted by atomic mass is 10.2. The summed E-state index contributed by atoms with van der Waals surface area (Å²) in [5, 5.41) is 7.59. The van der Waals surface area contributed by atoms with Gasteiger partial charge in [0.1, 0.15) is 11.3 Å². The highest BCUT2D eigenvalue weighted by atomic mass is 15.1. The SMILES string of the molecule is c1ccc(-c2nc3cnncc3[nH]2)cc1.